The first-order valence-electron chi connectivity index (χ1n) is 4.45. The van der Waals surface area contributed by atoms with Crippen molar-refractivity contribution in [1.82, 2.24) is 0 Å². The first-order valence-corrected chi connectivity index (χ1v) is 5.33. The van der Waals surface area contributed by atoms with Crippen LogP contribution in [0.4, 0.5) is 0 Å². The fourth-order valence-corrected chi connectivity index (χ4v) is 2.81. The standard InChI is InChI=1S/C11H11NS/c1-8-6-10-7-9(4-5-12)2-3-11(10)13-8/h2-3,7-8H,4,6H2,1H3. The van der Waals surface area contributed by atoms with Crippen molar-refractivity contribution in [3.8, 4) is 6.07 Å². The van der Waals surface area contributed by atoms with E-state index in [1.54, 1.807) is 0 Å². The zero-order chi connectivity index (χ0) is 9.26. The maximum atomic E-state index is 8.56. The maximum absolute atomic E-state index is 8.56. The third kappa shape index (κ3) is 1.71. The summed E-state index contributed by atoms with van der Waals surface area (Å²) in [6, 6.07) is 8.57. The van der Waals surface area contributed by atoms with E-state index in [1.165, 1.54) is 10.5 Å². The monoisotopic (exact) mass is 189 g/mol. The Bertz CT molecular complexity index is 365. The van der Waals surface area contributed by atoms with Crippen molar-refractivity contribution >= 4 is 11.8 Å². The van der Waals surface area contributed by atoms with Gasteiger partial charge in [0.2, 0.25) is 0 Å². The summed E-state index contributed by atoms with van der Waals surface area (Å²) in [5.41, 5.74) is 2.57. The molecule has 1 heterocycles. The van der Waals surface area contributed by atoms with E-state index in [9.17, 15) is 0 Å². The van der Waals surface area contributed by atoms with Gasteiger partial charge in [0.15, 0.2) is 0 Å². The molecular weight excluding hydrogens is 178 g/mol. The van der Waals surface area contributed by atoms with Gasteiger partial charge < -0.3 is 0 Å². The Morgan fingerprint density at radius 3 is 3.23 bits per heavy atom. The molecule has 0 aliphatic carbocycles. The molecule has 2 heteroatoms. The number of fused-ring (bicyclic) bond motifs is 1. The van der Waals surface area contributed by atoms with Crippen LogP contribution in [0.25, 0.3) is 0 Å². The number of nitriles is 1. The van der Waals surface area contributed by atoms with Gasteiger partial charge in [0, 0.05) is 10.1 Å². The van der Waals surface area contributed by atoms with E-state index in [0.717, 1.165) is 12.0 Å². The average Bonchev–Trinajstić information content (AvgIpc) is 2.44. The lowest BCUT2D eigenvalue weighted by molar-refractivity contribution is 0.956. The summed E-state index contributed by atoms with van der Waals surface area (Å²) >= 11 is 1.93. The normalized spacial score (nSPS) is 19.5. The second-order valence-electron chi connectivity index (χ2n) is 3.41. The first-order chi connectivity index (χ1) is 6.29. The molecule has 1 atom stereocenters. The fraction of sp³-hybridized carbons (Fsp3) is 0.364. The van der Waals surface area contributed by atoms with Crippen LogP contribution in [0.1, 0.15) is 18.1 Å². The molecule has 1 aromatic rings. The van der Waals surface area contributed by atoms with Gasteiger partial charge in [-0.25, -0.2) is 0 Å². The molecule has 1 aromatic carbocycles. The highest BCUT2D eigenvalue weighted by Crippen LogP contribution is 2.36. The van der Waals surface area contributed by atoms with Crippen molar-refractivity contribution in [3.63, 3.8) is 0 Å². The van der Waals surface area contributed by atoms with Gasteiger partial charge in [0.1, 0.15) is 0 Å². The SMILES string of the molecule is CC1Cc2cc(CC#N)ccc2S1. The van der Waals surface area contributed by atoms with Crippen LogP contribution in [0.3, 0.4) is 0 Å². The number of nitrogens with zero attached hydrogens (tertiary/aromatic N) is 1. The van der Waals surface area contributed by atoms with Crippen LogP contribution in [0.15, 0.2) is 23.1 Å². The quantitative estimate of drug-likeness (QED) is 0.678. The largest absolute Gasteiger partial charge is 0.198 e. The molecule has 1 unspecified atom stereocenters. The van der Waals surface area contributed by atoms with Crippen LogP contribution in [-0.4, -0.2) is 5.25 Å². The molecular formula is C11H11NS. The van der Waals surface area contributed by atoms with Crippen molar-refractivity contribution in [2.45, 2.75) is 29.9 Å². The van der Waals surface area contributed by atoms with Crippen LogP contribution in [0.2, 0.25) is 0 Å². The van der Waals surface area contributed by atoms with Crippen molar-refractivity contribution in [2.75, 3.05) is 0 Å². The summed E-state index contributed by atoms with van der Waals surface area (Å²) in [5.74, 6) is 0. The van der Waals surface area contributed by atoms with E-state index >= 15 is 0 Å². The van der Waals surface area contributed by atoms with E-state index in [2.05, 4.69) is 31.2 Å². The zero-order valence-electron chi connectivity index (χ0n) is 7.58. The van der Waals surface area contributed by atoms with Crippen LogP contribution < -0.4 is 0 Å². The van der Waals surface area contributed by atoms with Crippen LogP contribution in [-0.2, 0) is 12.8 Å². The van der Waals surface area contributed by atoms with Gasteiger partial charge in [-0.1, -0.05) is 19.1 Å². The Labute approximate surface area is 82.8 Å². The Kier molecular flexibility index (Phi) is 2.28. The van der Waals surface area contributed by atoms with Gasteiger partial charge in [-0.2, -0.15) is 5.26 Å². The van der Waals surface area contributed by atoms with E-state index in [0.29, 0.717) is 11.7 Å². The third-order valence-corrected chi connectivity index (χ3v) is 3.46. The highest BCUT2D eigenvalue weighted by atomic mass is 32.2. The number of hydrogen-bond donors (Lipinski definition) is 0. The minimum atomic E-state index is 0.534. The number of benzene rings is 1. The molecule has 1 nitrogen and oxygen atoms in total. The molecule has 2 rings (SSSR count). The summed E-state index contributed by atoms with van der Waals surface area (Å²) < 4.78 is 0. The van der Waals surface area contributed by atoms with Gasteiger partial charge in [-0.05, 0) is 23.6 Å². The van der Waals surface area contributed by atoms with Gasteiger partial charge in [-0.15, -0.1) is 11.8 Å². The van der Waals surface area contributed by atoms with Crippen molar-refractivity contribution in [3.05, 3.63) is 29.3 Å². The topological polar surface area (TPSA) is 23.8 Å². The molecule has 0 radical (unpaired) electrons. The molecule has 0 bridgehead atoms. The summed E-state index contributed by atoms with van der Waals surface area (Å²) in [6.45, 7) is 2.24. The number of hydrogen-bond acceptors (Lipinski definition) is 2. The zero-order valence-corrected chi connectivity index (χ0v) is 8.40. The maximum Gasteiger partial charge on any atom is 0.0669 e. The molecule has 13 heavy (non-hydrogen) atoms. The van der Waals surface area contributed by atoms with E-state index < -0.39 is 0 Å². The lowest BCUT2D eigenvalue weighted by Crippen LogP contribution is -1.91. The molecule has 0 spiro atoms. The molecule has 0 N–H and O–H groups in total. The Hall–Kier alpha value is -0.940. The second kappa shape index (κ2) is 3.43. The minimum absolute atomic E-state index is 0.534. The van der Waals surface area contributed by atoms with Crippen LogP contribution >= 0.6 is 11.8 Å². The smallest absolute Gasteiger partial charge is 0.0669 e. The Morgan fingerprint density at radius 2 is 2.46 bits per heavy atom. The summed E-state index contributed by atoms with van der Waals surface area (Å²) in [7, 11) is 0. The molecule has 0 amide bonds. The van der Waals surface area contributed by atoms with Gasteiger partial charge in [0.25, 0.3) is 0 Å². The van der Waals surface area contributed by atoms with Crippen molar-refractivity contribution in [2.24, 2.45) is 0 Å². The Morgan fingerprint density at radius 1 is 1.62 bits per heavy atom. The predicted molar refractivity (Wildman–Crippen MR) is 54.8 cm³/mol. The molecule has 66 valence electrons. The van der Waals surface area contributed by atoms with E-state index in [1.807, 2.05) is 11.8 Å². The molecule has 1 aliphatic heterocycles. The predicted octanol–water partition coefficient (Wildman–Crippen LogP) is 2.79. The van der Waals surface area contributed by atoms with E-state index in [4.69, 9.17) is 5.26 Å². The minimum Gasteiger partial charge on any atom is -0.198 e. The second-order valence-corrected chi connectivity index (χ2v) is 4.89. The fourth-order valence-electron chi connectivity index (χ4n) is 1.68. The van der Waals surface area contributed by atoms with Gasteiger partial charge in [0.05, 0.1) is 12.5 Å². The number of thioether (sulfide) groups is 1. The molecule has 0 fully saturated rings. The first kappa shape index (κ1) is 8.65. The van der Waals surface area contributed by atoms with Crippen LogP contribution in [0.5, 0.6) is 0 Å². The van der Waals surface area contributed by atoms with E-state index in [-0.39, 0.29) is 0 Å². The van der Waals surface area contributed by atoms with Crippen LogP contribution in [0, 0.1) is 11.3 Å². The van der Waals surface area contributed by atoms with Crippen molar-refractivity contribution in [1.29, 1.82) is 5.26 Å². The summed E-state index contributed by atoms with van der Waals surface area (Å²) in [6.07, 6.45) is 1.69. The van der Waals surface area contributed by atoms with Gasteiger partial charge >= 0.3 is 0 Å². The molecule has 0 saturated carbocycles. The highest BCUT2D eigenvalue weighted by molar-refractivity contribution is 8.00. The lowest BCUT2D eigenvalue weighted by atomic mass is 10.1. The summed E-state index contributed by atoms with van der Waals surface area (Å²) in [4.78, 5) is 1.40. The number of rotatable bonds is 1. The molecule has 1 aliphatic rings. The van der Waals surface area contributed by atoms with Gasteiger partial charge in [-0.3, -0.25) is 0 Å². The lowest BCUT2D eigenvalue weighted by Gasteiger charge is -1.99. The summed E-state index contributed by atoms with van der Waals surface area (Å²) in [5, 5.41) is 9.27. The Balaban J connectivity index is 2.30. The third-order valence-electron chi connectivity index (χ3n) is 2.24. The average molecular weight is 189 g/mol. The van der Waals surface area contributed by atoms with Crippen molar-refractivity contribution < 1.29 is 0 Å². The molecule has 0 saturated heterocycles. The molecule has 0 aromatic heterocycles. The highest BCUT2D eigenvalue weighted by Gasteiger charge is 2.17.